The van der Waals surface area contributed by atoms with Crippen molar-refractivity contribution < 1.29 is 9.59 Å². The molecule has 1 aromatic heterocycles. The molecule has 3 rings (SSSR count). The lowest BCUT2D eigenvalue weighted by molar-refractivity contribution is -0.114. The van der Waals surface area contributed by atoms with Gasteiger partial charge in [0, 0.05) is 41.8 Å². The Kier molecular flexibility index (Phi) is 4.78. The molecule has 0 saturated carbocycles. The summed E-state index contributed by atoms with van der Waals surface area (Å²) in [4.78, 5) is 25.4. The first-order chi connectivity index (χ1) is 11.4. The van der Waals surface area contributed by atoms with Gasteiger partial charge in [-0.05, 0) is 24.6 Å². The van der Waals surface area contributed by atoms with Gasteiger partial charge in [-0.1, -0.05) is 23.2 Å². The fourth-order valence-corrected chi connectivity index (χ4v) is 3.33. The molecule has 1 aromatic carbocycles. The van der Waals surface area contributed by atoms with Gasteiger partial charge in [0.15, 0.2) is 0 Å². The molecule has 1 unspecified atom stereocenters. The summed E-state index contributed by atoms with van der Waals surface area (Å²) in [5, 5.41) is 7.83. The van der Waals surface area contributed by atoms with Gasteiger partial charge in [-0.15, -0.1) is 0 Å². The summed E-state index contributed by atoms with van der Waals surface area (Å²) in [6.07, 6.45) is 4.17. The Morgan fingerprint density at radius 1 is 1.25 bits per heavy atom. The number of benzene rings is 1. The summed E-state index contributed by atoms with van der Waals surface area (Å²) in [7, 11) is 0. The predicted molar refractivity (Wildman–Crippen MR) is 92.6 cm³/mol. The molecule has 6 nitrogen and oxygen atoms in total. The van der Waals surface area contributed by atoms with Crippen molar-refractivity contribution >= 4 is 40.7 Å². The third-order valence-corrected chi connectivity index (χ3v) is 4.29. The summed E-state index contributed by atoms with van der Waals surface area (Å²) in [6, 6.07) is 4.91. The number of nitrogens with one attached hydrogen (secondary N) is 1. The van der Waals surface area contributed by atoms with Crippen LogP contribution in [0.2, 0.25) is 10.0 Å². The van der Waals surface area contributed by atoms with E-state index in [2.05, 4.69) is 10.4 Å². The van der Waals surface area contributed by atoms with Crippen LogP contribution in [-0.4, -0.2) is 39.6 Å². The van der Waals surface area contributed by atoms with Gasteiger partial charge >= 0.3 is 0 Å². The molecular weight excluding hydrogens is 351 g/mol. The summed E-state index contributed by atoms with van der Waals surface area (Å²) in [5.41, 5.74) is 1.13. The Balaban J connectivity index is 1.69. The van der Waals surface area contributed by atoms with E-state index in [4.69, 9.17) is 23.2 Å². The lowest BCUT2D eigenvalue weighted by Crippen LogP contribution is -2.29. The molecule has 2 amide bonds. The number of carbonyl (C=O) groups is 2. The fourth-order valence-electron chi connectivity index (χ4n) is 2.81. The molecular formula is C16H16Cl2N4O2. The number of carbonyl (C=O) groups excluding carboxylic acids is 2. The minimum atomic E-state index is -0.143. The summed E-state index contributed by atoms with van der Waals surface area (Å²) >= 11 is 11.9. The Morgan fingerprint density at radius 3 is 2.62 bits per heavy atom. The number of halogens is 2. The number of amides is 2. The molecule has 2 aromatic rings. The number of likely N-dealkylation sites (tertiary alicyclic amines) is 1. The highest BCUT2D eigenvalue weighted by Crippen LogP contribution is 2.26. The van der Waals surface area contributed by atoms with Gasteiger partial charge in [-0.3, -0.25) is 14.3 Å². The lowest BCUT2D eigenvalue weighted by atomic mass is 10.2. The van der Waals surface area contributed by atoms with E-state index in [1.54, 1.807) is 40.2 Å². The van der Waals surface area contributed by atoms with E-state index in [-0.39, 0.29) is 17.9 Å². The molecule has 8 heteroatoms. The molecule has 0 spiro atoms. The second-order valence-corrected chi connectivity index (χ2v) is 6.61. The number of nitrogens with zero attached hydrogens (tertiary/aromatic N) is 3. The van der Waals surface area contributed by atoms with E-state index in [1.165, 1.54) is 6.92 Å². The summed E-state index contributed by atoms with van der Waals surface area (Å²) in [6.45, 7) is 2.62. The van der Waals surface area contributed by atoms with Gasteiger partial charge in [0.1, 0.15) is 0 Å². The zero-order valence-corrected chi connectivity index (χ0v) is 14.5. The van der Waals surface area contributed by atoms with Crippen molar-refractivity contribution in [2.24, 2.45) is 0 Å². The molecule has 0 bridgehead atoms. The van der Waals surface area contributed by atoms with E-state index in [1.807, 2.05) is 0 Å². The van der Waals surface area contributed by atoms with Crippen molar-refractivity contribution in [3.05, 3.63) is 46.2 Å². The molecule has 0 aliphatic carbocycles. The van der Waals surface area contributed by atoms with Gasteiger partial charge in [0.25, 0.3) is 5.91 Å². The Morgan fingerprint density at radius 2 is 1.96 bits per heavy atom. The second-order valence-electron chi connectivity index (χ2n) is 5.74. The molecule has 126 valence electrons. The molecule has 1 aliphatic rings. The minimum absolute atomic E-state index is 0.0751. The molecule has 2 heterocycles. The van der Waals surface area contributed by atoms with Crippen LogP contribution in [0.5, 0.6) is 0 Å². The molecule has 1 atom stereocenters. The highest BCUT2D eigenvalue weighted by atomic mass is 35.5. The van der Waals surface area contributed by atoms with Gasteiger partial charge in [0.2, 0.25) is 5.91 Å². The second kappa shape index (κ2) is 6.83. The normalized spacial score (nSPS) is 17.1. The van der Waals surface area contributed by atoms with Crippen LogP contribution in [0.1, 0.15) is 29.7 Å². The Bertz CT molecular complexity index is 770. The van der Waals surface area contributed by atoms with Crippen molar-refractivity contribution in [2.45, 2.75) is 19.4 Å². The zero-order chi connectivity index (χ0) is 17.3. The van der Waals surface area contributed by atoms with E-state index in [9.17, 15) is 9.59 Å². The van der Waals surface area contributed by atoms with Crippen LogP contribution in [-0.2, 0) is 4.79 Å². The van der Waals surface area contributed by atoms with Crippen molar-refractivity contribution in [1.29, 1.82) is 0 Å². The molecule has 1 saturated heterocycles. The van der Waals surface area contributed by atoms with Crippen LogP contribution in [0.4, 0.5) is 5.69 Å². The highest BCUT2D eigenvalue weighted by Gasteiger charge is 2.29. The van der Waals surface area contributed by atoms with Crippen molar-refractivity contribution in [3.8, 4) is 0 Å². The fraction of sp³-hybridized carbons (Fsp3) is 0.312. The Hall–Kier alpha value is -2.05. The first kappa shape index (κ1) is 16.8. The molecule has 1 fully saturated rings. The van der Waals surface area contributed by atoms with Crippen LogP contribution in [0, 0.1) is 0 Å². The molecule has 1 aliphatic heterocycles. The highest BCUT2D eigenvalue weighted by molar-refractivity contribution is 6.35. The Labute approximate surface area is 149 Å². The predicted octanol–water partition coefficient (Wildman–Crippen LogP) is 3.24. The third kappa shape index (κ3) is 3.71. The van der Waals surface area contributed by atoms with Crippen molar-refractivity contribution in [3.63, 3.8) is 0 Å². The summed E-state index contributed by atoms with van der Waals surface area (Å²) in [5.74, 6) is -0.244. The quantitative estimate of drug-likeness (QED) is 0.906. The van der Waals surface area contributed by atoms with E-state index in [0.717, 1.165) is 6.42 Å². The van der Waals surface area contributed by atoms with Gasteiger partial charge in [-0.25, -0.2) is 0 Å². The first-order valence-electron chi connectivity index (χ1n) is 7.49. The van der Waals surface area contributed by atoms with Crippen LogP contribution < -0.4 is 5.32 Å². The van der Waals surface area contributed by atoms with Gasteiger partial charge < -0.3 is 10.2 Å². The summed E-state index contributed by atoms with van der Waals surface area (Å²) < 4.78 is 1.78. The van der Waals surface area contributed by atoms with Gasteiger partial charge in [-0.2, -0.15) is 5.10 Å². The topological polar surface area (TPSA) is 67.2 Å². The number of anilines is 1. The SMILES string of the molecule is CC(=O)Nc1cnn(C2CCN(C(=O)c3cc(Cl)cc(Cl)c3)C2)c1. The van der Waals surface area contributed by atoms with Crippen molar-refractivity contribution in [1.82, 2.24) is 14.7 Å². The maximum Gasteiger partial charge on any atom is 0.254 e. The number of hydrogen-bond donors (Lipinski definition) is 1. The number of hydrogen-bond acceptors (Lipinski definition) is 3. The van der Waals surface area contributed by atoms with Crippen LogP contribution in [0.25, 0.3) is 0 Å². The van der Waals surface area contributed by atoms with E-state index < -0.39 is 0 Å². The maximum atomic E-state index is 12.6. The molecule has 24 heavy (non-hydrogen) atoms. The van der Waals surface area contributed by atoms with Crippen LogP contribution >= 0.6 is 23.2 Å². The van der Waals surface area contributed by atoms with Crippen LogP contribution in [0.3, 0.4) is 0 Å². The minimum Gasteiger partial charge on any atom is -0.336 e. The van der Waals surface area contributed by atoms with Crippen molar-refractivity contribution in [2.75, 3.05) is 18.4 Å². The largest absolute Gasteiger partial charge is 0.336 e. The number of aromatic nitrogens is 2. The standard InChI is InChI=1S/C16H16Cl2N4O2/c1-10(23)20-14-7-19-22(8-14)15-2-3-21(9-15)16(24)11-4-12(17)6-13(18)5-11/h4-8,15H,2-3,9H2,1H3,(H,20,23). The zero-order valence-electron chi connectivity index (χ0n) is 13.0. The molecule has 1 N–H and O–H groups in total. The van der Waals surface area contributed by atoms with E-state index in [0.29, 0.717) is 34.4 Å². The average Bonchev–Trinajstić information content (AvgIpc) is 3.13. The average molecular weight is 367 g/mol. The van der Waals surface area contributed by atoms with Gasteiger partial charge in [0.05, 0.1) is 17.9 Å². The lowest BCUT2D eigenvalue weighted by Gasteiger charge is -2.17. The van der Waals surface area contributed by atoms with E-state index >= 15 is 0 Å². The van der Waals surface area contributed by atoms with Crippen LogP contribution in [0.15, 0.2) is 30.6 Å². The third-order valence-electron chi connectivity index (χ3n) is 3.86. The maximum absolute atomic E-state index is 12.6. The monoisotopic (exact) mass is 366 g/mol. The smallest absolute Gasteiger partial charge is 0.254 e. The molecule has 0 radical (unpaired) electrons. The first-order valence-corrected chi connectivity index (χ1v) is 8.25. The number of rotatable bonds is 3.